The zero-order chi connectivity index (χ0) is 6.54. The Balaban J connectivity index is 1.96. The van der Waals surface area contributed by atoms with Gasteiger partial charge in [0.2, 0.25) is 5.92 Å². The lowest BCUT2D eigenvalue weighted by Crippen LogP contribution is -2.49. The Labute approximate surface area is 53.2 Å². The summed E-state index contributed by atoms with van der Waals surface area (Å²) in [6.07, 6.45) is 3.65. The summed E-state index contributed by atoms with van der Waals surface area (Å²) in [5.41, 5.74) is 0.128. The van der Waals surface area contributed by atoms with E-state index in [4.69, 9.17) is 0 Å². The van der Waals surface area contributed by atoms with Crippen LogP contribution >= 0.6 is 0 Å². The SMILES string of the molecule is FC1(F)CC2(CCC2)C1. The van der Waals surface area contributed by atoms with Crippen molar-refractivity contribution in [1.29, 1.82) is 0 Å². The summed E-state index contributed by atoms with van der Waals surface area (Å²) in [7, 11) is 0. The number of hydrogen-bond acceptors (Lipinski definition) is 0. The van der Waals surface area contributed by atoms with Crippen molar-refractivity contribution in [3.8, 4) is 0 Å². The molecule has 0 aromatic heterocycles. The highest BCUT2D eigenvalue weighted by atomic mass is 19.3. The van der Waals surface area contributed by atoms with Gasteiger partial charge in [-0.1, -0.05) is 6.42 Å². The van der Waals surface area contributed by atoms with E-state index in [0.717, 1.165) is 12.8 Å². The molecule has 0 amide bonds. The van der Waals surface area contributed by atoms with Gasteiger partial charge < -0.3 is 0 Å². The van der Waals surface area contributed by atoms with Crippen LogP contribution in [0.2, 0.25) is 0 Å². The molecule has 52 valence electrons. The highest BCUT2D eigenvalue weighted by Gasteiger charge is 2.58. The molecule has 0 N–H and O–H groups in total. The third kappa shape index (κ3) is 0.684. The van der Waals surface area contributed by atoms with Gasteiger partial charge in [0.25, 0.3) is 0 Å². The van der Waals surface area contributed by atoms with Gasteiger partial charge in [-0.2, -0.15) is 0 Å². The minimum absolute atomic E-state index is 0.128. The molecule has 0 radical (unpaired) electrons. The van der Waals surface area contributed by atoms with Crippen molar-refractivity contribution in [2.45, 2.75) is 38.0 Å². The average molecular weight is 132 g/mol. The standard InChI is InChI=1S/C7H10F2/c8-7(9)4-6(5-7)2-1-3-6/h1-5H2. The fourth-order valence-electron chi connectivity index (χ4n) is 2.08. The van der Waals surface area contributed by atoms with Crippen molar-refractivity contribution >= 4 is 0 Å². The minimum Gasteiger partial charge on any atom is -0.207 e. The maximum atomic E-state index is 12.3. The summed E-state index contributed by atoms with van der Waals surface area (Å²) >= 11 is 0. The van der Waals surface area contributed by atoms with Gasteiger partial charge in [-0.05, 0) is 18.3 Å². The van der Waals surface area contributed by atoms with E-state index < -0.39 is 5.92 Å². The molecule has 2 aliphatic carbocycles. The summed E-state index contributed by atoms with van der Waals surface area (Å²) in [4.78, 5) is 0. The Kier molecular flexibility index (Phi) is 0.814. The van der Waals surface area contributed by atoms with Crippen LogP contribution in [0.25, 0.3) is 0 Å². The number of alkyl halides is 2. The van der Waals surface area contributed by atoms with E-state index in [1.165, 1.54) is 6.42 Å². The lowest BCUT2D eigenvalue weighted by molar-refractivity contribution is -0.190. The molecule has 0 nitrogen and oxygen atoms in total. The van der Waals surface area contributed by atoms with Gasteiger partial charge in [-0.25, -0.2) is 8.78 Å². The second kappa shape index (κ2) is 1.30. The average Bonchev–Trinajstić information content (AvgIpc) is 1.54. The molecule has 0 saturated heterocycles. The van der Waals surface area contributed by atoms with Crippen LogP contribution in [0.15, 0.2) is 0 Å². The summed E-state index contributed by atoms with van der Waals surface area (Å²) in [6.45, 7) is 0. The van der Waals surface area contributed by atoms with Crippen molar-refractivity contribution in [2.75, 3.05) is 0 Å². The summed E-state index contributed by atoms with van der Waals surface area (Å²) in [5.74, 6) is -2.29. The fraction of sp³-hybridized carbons (Fsp3) is 1.00. The molecule has 1 spiro atoms. The minimum atomic E-state index is -2.29. The highest BCUT2D eigenvalue weighted by molar-refractivity contribution is 5.03. The number of halogens is 2. The van der Waals surface area contributed by atoms with Crippen LogP contribution in [0.1, 0.15) is 32.1 Å². The molecule has 9 heavy (non-hydrogen) atoms. The Morgan fingerprint density at radius 3 is 1.67 bits per heavy atom. The summed E-state index contributed by atoms with van der Waals surface area (Å²) in [5, 5.41) is 0. The van der Waals surface area contributed by atoms with Gasteiger partial charge in [0, 0.05) is 12.8 Å². The van der Waals surface area contributed by atoms with Crippen molar-refractivity contribution < 1.29 is 8.78 Å². The van der Waals surface area contributed by atoms with E-state index >= 15 is 0 Å². The highest BCUT2D eigenvalue weighted by Crippen LogP contribution is 2.62. The molecule has 2 heteroatoms. The van der Waals surface area contributed by atoms with E-state index in [0.29, 0.717) is 0 Å². The summed E-state index contributed by atoms with van der Waals surface area (Å²) in [6, 6.07) is 0. The van der Waals surface area contributed by atoms with E-state index in [1.807, 2.05) is 0 Å². The molecule has 0 bridgehead atoms. The van der Waals surface area contributed by atoms with E-state index in [9.17, 15) is 8.78 Å². The maximum absolute atomic E-state index is 12.3. The molecular formula is C7H10F2. The second-order valence-corrected chi connectivity index (χ2v) is 3.56. The molecule has 0 atom stereocenters. The van der Waals surface area contributed by atoms with Crippen LogP contribution < -0.4 is 0 Å². The van der Waals surface area contributed by atoms with Crippen LogP contribution in [0.4, 0.5) is 8.78 Å². The monoisotopic (exact) mass is 132 g/mol. The fourth-order valence-corrected chi connectivity index (χ4v) is 2.08. The van der Waals surface area contributed by atoms with Crippen molar-refractivity contribution in [3.63, 3.8) is 0 Å². The summed E-state index contributed by atoms with van der Waals surface area (Å²) < 4.78 is 24.5. The van der Waals surface area contributed by atoms with Crippen molar-refractivity contribution in [1.82, 2.24) is 0 Å². The first-order valence-corrected chi connectivity index (χ1v) is 3.50. The largest absolute Gasteiger partial charge is 0.249 e. The van der Waals surface area contributed by atoms with Crippen molar-refractivity contribution in [2.24, 2.45) is 5.41 Å². The topological polar surface area (TPSA) is 0 Å². The number of rotatable bonds is 0. The Morgan fingerprint density at radius 2 is 1.56 bits per heavy atom. The molecule has 2 aliphatic rings. The van der Waals surface area contributed by atoms with Crippen LogP contribution in [-0.4, -0.2) is 5.92 Å². The molecule has 0 aromatic carbocycles. The molecule has 0 unspecified atom stereocenters. The molecule has 0 heterocycles. The van der Waals surface area contributed by atoms with Gasteiger partial charge in [-0.15, -0.1) is 0 Å². The number of hydrogen-bond donors (Lipinski definition) is 0. The van der Waals surface area contributed by atoms with E-state index in [1.54, 1.807) is 0 Å². The van der Waals surface area contributed by atoms with Gasteiger partial charge in [0.15, 0.2) is 0 Å². The Hall–Kier alpha value is -0.140. The molecule has 0 aliphatic heterocycles. The zero-order valence-electron chi connectivity index (χ0n) is 5.29. The maximum Gasteiger partial charge on any atom is 0.249 e. The van der Waals surface area contributed by atoms with Gasteiger partial charge in [0.05, 0.1) is 0 Å². The third-order valence-corrected chi connectivity index (χ3v) is 2.68. The van der Waals surface area contributed by atoms with Crippen LogP contribution in [0.5, 0.6) is 0 Å². The predicted octanol–water partition coefficient (Wildman–Crippen LogP) is 2.59. The quantitative estimate of drug-likeness (QED) is 0.475. The van der Waals surface area contributed by atoms with E-state index in [-0.39, 0.29) is 18.3 Å². The van der Waals surface area contributed by atoms with Gasteiger partial charge >= 0.3 is 0 Å². The lowest BCUT2D eigenvalue weighted by atomic mass is 9.54. The molecule has 0 aromatic rings. The second-order valence-electron chi connectivity index (χ2n) is 3.56. The molecular weight excluding hydrogens is 122 g/mol. The van der Waals surface area contributed by atoms with Crippen LogP contribution in [0.3, 0.4) is 0 Å². The first-order valence-electron chi connectivity index (χ1n) is 3.50. The first-order chi connectivity index (χ1) is 4.12. The van der Waals surface area contributed by atoms with Crippen LogP contribution in [0, 0.1) is 5.41 Å². The Bertz CT molecular complexity index is 126. The van der Waals surface area contributed by atoms with Gasteiger partial charge in [0.1, 0.15) is 0 Å². The van der Waals surface area contributed by atoms with Crippen molar-refractivity contribution in [3.05, 3.63) is 0 Å². The molecule has 2 saturated carbocycles. The third-order valence-electron chi connectivity index (χ3n) is 2.68. The smallest absolute Gasteiger partial charge is 0.207 e. The molecule has 2 fully saturated rings. The lowest BCUT2D eigenvalue weighted by Gasteiger charge is -2.53. The predicted molar refractivity (Wildman–Crippen MR) is 30.5 cm³/mol. The Morgan fingerprint density at radius 1 is 1.00 bits per heavy atom. The first kappa shape index (κ1) is 5.63. The zero-order valence-corrected chi connectivity index (χ0v) is 5.29. The normalized spacial score (nSPS) is 35.3. The molecule has 2 rings (SSSR count). The van der Waals surface area contributed by atoms with Crippen LogP contribution in [-0.2, 0) is 0 Å². The van der Waals surface area contributed by atoms with E-state index in [2.05, 4.69) is 0 Å². The van der Waals surface area contributed by atoms with Gasteiger partial charge in [-0.3, -0.25) is 0 Å².